The Balaban J connectivity index is 2.94. The molecule has 1 heteroatoms. The predicted octanol–water partition coefficient (Wildman–Crippen LogP) is 4.43. The number of thiophene rings is 1. The summed E-state index contributed by atoms with van der Waals surface area (Å²) in [5, 5.41) is 0. The average Bonchev–Trinajstić information content (AvgIpc) is 2.28. The maximum Gasteiger partial charge on any atom is 0.00549 e. The van der Waals surface area contributed by atoms with Gasteiger partial charge in [-0.25, -0.2) is 0 Å². The second-order valence-electron chi connectivity index (χ2n) is 3.90. The molecular formula is C12H18S. The van der Waals surface area contributed by atoms with Crippen molar-refractivity contribution in [3.63, 3.8) is 0 Å². The van der Waals surface area contributed by atoms with Crippen LogP contribution >= 0.6 is 11.3 Å². The van der Waals surface area contributed by atoms with Gasteiger partial charge in [-0.2, -0.15) is 0 Å². The summed E-state index contributed by atoms with van der Waals surface area (Å²) in [5.41, 5.74) is 2.89. The molecule has 0 spiro atoms. The monoisotopic (exact) mass is 194 g/mol. The van der Waals surface area contributed by atoms with E-state index in [1.807, 2.05) is 11.3 Å². The van der Waals surface area contributed by atoms with Crippen molar-refractivity contribution in [1.82, 2.24) is 0 Å². The number of rotatable bonds is 2. The van der Waals surface area contributed by atoms with Crippen LogP contribution in [-0.2, 0) is 0 Å². The smallest absolute Gasteiger partial charge is 0.00549 e. The van der Waals surface area contributed by atoms with Crippen molar-refractivity contribution in [1.29, 1.82) is 0 Å². The third-order valence-electron chi connectivity index (χ3n) is 2.15. The minimum absolute atomic E-state index is 0.565. The van der Waals surface area contributed by atoms with E-state index in [1.165, 1.54) is 20.9 Å². The third-order valence-corrected chi connectivity index (χ3v) is 3.13. The number of hydrogen-bond acceptors (Lipinski definition) is 1. The molecule has 0 aliphatic heterocycles. The van der Waals surface area contributed by atoms with Crippen molar-refractivity contribution in [2.75, 3.05) is 0 Å². The van der Waals surface area contributed by atoms with Crippen LogP contribution in [0.15, 0.2) is 17.7 Å². The molecule has 0 aliphatic carbocycles. The molecule has 1 heterocycles. The average molecular weight is 194 g/mol. The molecule has 1 atom stereocenters. The van der Waals surface area contributed by atoms with E-state index >= 15 is 0 Å². The van der Waals surface area contributed by atoms with Crippen molar-refractivity contribution in [2.45, 2.75) is 40.5 Å². The molecular weight excluding hydrogens is 176 g/mol. The van der Waals surface area contributed by atoms with Crippen LogP contribution in [-0.4, -0.2) is 0 Å². The van der Waals surface area contributed by atoms with Crippen molar-refractivity contribution in [3.05, 3.63) is 33.0 Å². The van der Waals surface area contributed by atoms with Gasteiger partial charge in [-0.05, 0) is 39.3 Å². The second-order valence-corrected chi connectivity index (χ2v) is 5.36. The molecule has 1 aromatic heterocycles. The van der Waals surface area contributed by atoms with Gasteiger partial charge in [0.1, 0.15) is 0 Å². The Morgan fingerprint density at radius 2 is 2.00 bits per heavy atom. The van der Waals surface area contributed by atoms with E-state index in [0.29, 0.717) is 5.92 Å². The van der Waals surface area contributed by atoms with Gasteiger partial charge in [0.25, 0.3) is 0 Å². The Morgan fingerprint density at radius 3 is 2.38 bits per heavy atom. The maximum absolute atomic E-state index is 2.33. The molecule has 1 unspecified atom stereocenters. The highest BCUT2D eigenvalue weighted by molar-refractivity contribution is 7.12. The quantitative estimate of drug-likeness (QED) is 0.611. The Labute approximate surface area is 85.3 Å². The molecule has 0 saturated heterocycles. The van der Waals surface area contributed by atoms with Gasteiger partial charge in [-0.3, -0.25) is 0 Å². The fourth-order valence-electron chi connectivity index (χ4n) is 1.69. The SMILES string of the molecule is CC(C)=CC(C)c1cc(C)sc1C. The van der Waals surface area contributed by atoms with Crippen LogP contribution in [0.1, 0.15) is 42.0 Å². The lowest BCUT2D eigenvalue weighted by Gasteiger charge is -2.06. The van der Waals surface area contributed by atoms with Gasteiger partial charge in [0, 0.05) is 15.7 Å². The maximum atomic E-state index is 2.33. The predicted molar refractivity (Wildman–Crippen MR) is 61.6 cm³/mol. The highest BCUT2D eigenvalue weighted by atomic mass is 32.1. The first-order valence-corrected chi connectivity index (χ1v) is 5.54. The lowest BCUT2D eigenvalue weighted by Crippen LogP contribution is -1.89. The summed E-state index contributed by atoms with van der Waals surface area (Å²) in [5.74, 6) is 0.565. The van der Waals surface area contributed by atoms with Crippen molar-refractivity contribution in [3.8, 4) is 0 Å². The fraction of sp³-hybridized carbons (Fsp3) is 0.500. The second kappa shape index (κ2) is 4.10. The summed E-state index contributed by atoms with van der Waals surface area (Å²) in [6.45, 7) is 11.0. The van der Waals surface area contributed by atoms with Crippen molar-refractivity contribution in [2.24, 2.45) is 0 Å². The summed E-state index contributed by atoms with van der Waals surface area (Å²) in [6, 6.07) is 2.31. The highest BCUT2D eigenvalue weighted by Crippen LogP contribution is 2.28. The van der Waals surface area contributed by atoms with Crippen LogP contribution in [0.25, 0.3) is 0 Å². The van der Waals surface area contributed by atoms with Gasteiger partial charge in [-0.1, -0.05) is 18.6 Å². The molecule has 0 aromatic carbocycles. The van der Waals surface area contributed by atoms with Gasteiger partial charge < -0.3 is 0 Å². The molecule has 1 aromatic rings. The molecule has 0 N–H and O–H groups in total. The summed E-state index contributed by atoms with van der Waals surface area (Å²) in [7, 11) is 0. The van der Waals surface area contributed by atoms with Crippen molar-refractivity contribution < 1.29 is 0 Å². The first kappa shape index (κ1) is 10.5. The number of allylic oxidation sites excluding steroid dienone is 2. The largest absolute Gasteiger partial charge is 0.146 e. The number of hydrogen-bond donors (Lipinski definition) is 0. The molecule has 0 saturated carbocycles. The Hall–Kier alpha value is -0.560. The fourth-order valence-corrected chi connectivity index (χ4v) is 2.72. The molecule has 0 amide bonds. The third kappa shape index (κ3) is 2.70. The van der Waals surface area contributed by atoms with E-state index in [1.54, 1.807) is 0 Å². The zero-order valence-corrected chi connectivity index (χ0v) is 9.96. The highest BCUT2D eigenvalue weighted by Gasteiger charge is 2.08. The Bertz CT molecular complexity index is 314. The summed E-state index contributed by atoms with van der Waals surface area (Å²) >= 11 is 1.90. The minimum atomic E-state index is 0.565. The van der Waals surface area contributed by atoms with E-state index in [0.717, 1.165) is 0 Å². The van der Waals surface area contributed by atoms with Crippen LogP contribution in [0.3, 0.4) is 0 Å². The van der Waals surface area contributed by atoms with Gasteiger partial charge in [0.05, 0.1) is 0 Å². The first-order valence-electron chi connectivity index (χ1n) is 4.72. The molecule has 0 fully saturated rings. The van der Waals surface area contributed by atoms with E-state index < -0.39 is 0 Å². The zero-order chi connectivity index (χ0) is 10.0. The number of aryl methyl sites for hydroxylation is 2. The van der Waals surface area contributed by atoms with E-state index in [4.69, 9.17) is 0 Å². The summed E-state index contributed by atoms with van der Waals surface area (Å²) in [4.78, 5) is 2.88. The van der Waals surface area contributed by atoms with Gasteiger partial charge in [0.15, 0.2) is 0 Å². The van der Waals surface area contributed by atoms with Gasteiger partial charge in [-0.15, -0.1) is 11.3 Å². The van der Waals surface area contributed by atoms with E-state index in [-0.39, 0.29) is 0 Å². The van der Waals surface area contributed by atoms with E-state index in [9.17, 15) is 0 Å². The molecule has 0 bridgehead atoms. The normalized spacial score (nSPS) is 12.7. The van der Waals surface area contributed by atoms with Gasteiger partial charge >= 0.3 is 0 Å². The summed E-state index contributed by atoms with van der Waals surface area (Å²) < 4.78 is 0. The standard InChI is InChI=1S/C12H18S/c1-8(2)6-9(3)12-7-10(4)13-11(12)5/h6-7,9H,1-5H3. The topological polar surface area (TPSA) is 0 Å². The summed E-state index contributed by atoms with van der Waals surface area (Å²) in [6.07, 6.45) is 2.33. The van der Waals surface area contributed by atoms with E-state index in [2.05, 4.69) is 46.8 Å². The van der Waals surface area contributed by atoms with Crippen LogP contribution in [0, 0.1) is 13.8 Å². The first-order chi connectivity index (χ1) is 6.00. The van der Waals surface area contributed by atoms with Gasteiger partial charge in [0.2, 0.25) is 0 Å². The molecule has 72 valence electrons. The lowest BCUT2D eigenvalue weighted by atomic mass is 10.00. The molecule has 0 aliphatic rings. The molecule has 1 rings (SSSR count). The lowest BCUT2D eigenvalue weighted by molar-refractivity contribution is 0.948. The van der Waals surface area contributed by atoms with Crippen LogP contribution in [0.4, 0.5) is 0 Å². The Morgan fingerprint density at radius 1 is 1.38 bits per heavy atom. The van der Waals surface area contributed by atoms with Crippen molar-refractivity contribution >= 4 is 11.3 Å². The molecule has 13 heavy (non-hydrogen) atoms. The molecule has 0 radical (unpaired) electrons. The van der Waals surface area contributed by atoms with Crippen LogP contribution in [0.2, 0.25) is 0 Å². The Kier molecular flexibility index (Phi) is 3.32. The minimum Gasteiger partial charge on any atom is -0.146 e. The van der Waals surface area contributed by atoms with Crippen LogP contribution < -0.4 is 0 Å². The molecule has 0 nitrogen and oxygen atoms in total. The van der Waals surface area contributed by atoms with Crippen LogP contribution in [0.5, 0.6) is 0 Å². The zero-order valence-electron chi connectivity index (χ0n) is 9.14.